The Hall–Kier alpha value is -3.06. The molecule has 1 atom stereocenters. The highest BCUT2D eigenvalue weighted by Gasteiger charge is 2.47. The van der Waals surface area contributed by atoms with Crippen LogP contribution in [-0.4, -0.2) is 58.3 Å². The van der Waals surface area contributed by atoms with Crippen molar-refractivity contribution in [2.45, 2.75) is 12.5 Å². The molecule has 1 N–H and O–H groups in total. The van der Waals surface area contributed by atoms with Gasteiger partial charge in [-0.1, -0.05) is 18.2 Å². The fourth-order valence-electron chi connectivity index (χ4n) is 4.21. The number of para-hydroxylation sites is 1. The summed E-state index contributed by atoms with van der Waals surface area (Å²) in [5, 5.41) is 0. The SMILES string of the molecule is COc1ccc(OC)c(N2C(=O)C[C@@H]([NH+]3CCN(c4ccccc4)CC3)C2=O)c1. The number of ether oxygens (including phenoxy) is 2. The number of hydrogen-bond donors (Lipinski definition) is 1. The molecule has 0 aromatic heterocycles. The number of hydrogen-bond acceptors (Lipinski definition) is 5. The summed E-state index contributed by atoms with van der Waals surface area (Å²) < 4.78 is 10.6. The number of carbonyl (C=O) groups excluding carboxylic acids is 2. The lowest BCUT2D eigenvalue weighted by molar-refractivity contribution is -0.915. The molecule has 2 saturated heterocycles. The Morgan fingerprint density at radius 1 is 0.966 bits per heavy atom. The van der Waals surface area contributed by atoms with Crippen LogP contribution in [0.2, 0.25) is 0 Å². The van der Waals surface area contributed by atoms with Crippen molar-refractivity contribution < 1.29 is 24.0 Å². The first kappa shape index (κ1) is 19.3. The first-order chi connectivity index (χ1) is 14.1. The lowest BCUT2D eigenvalue weighted by atomic mass is 10.1. The molecule has 2 heterocycles. The van der Waals surface area contributed by atoms with Crippen LogP contribution in [-0.2, 0) is 9.59 Å². The molecule has 2 aromatic rings. The van der Waals surface area contributed by atoms with Crippen molar-refractivity contribution in [3.8, 4) is 11.5 Å². The summed E-state index contributed by atoms with van der Waals surface area (Å²) in [5.41, 5.74) is 1.65. The predicted molar refractivity (Wildman–Crippen MR) is 110 cm³/mol. The van der Waals surface area contributed by atoms with E-state index in [1.165, 1.54) is 22.6 Å². The lowest BCUT2D eigenvalue weighted by Crippen LogP contribution is -3.19. The fourth-order valence-corrected chi connectivity index (χ4v) is 4.21. The van der Waals surface area contributed by atoms with Gasteiger partial charge in [0.15, 0.2) is 6.04 Å². The zero-order chi connectivity index (χ0) is 20.4. The van der Waals surface area contributed by atoms with E-state index in [4.69, 9.17) is 9.47 Å². The maximum Gasteiger partial charge on any atom is 0.292 e. The molecule has 2 aromatic carbocycles. The minimum atomic E-state index is -0.351. The van der Waals surface area contributed by atoms with Crippen LogP contribution in [0.15, 0.2) is 48.5 Å². The van der Waals surface area contributed by atoms with Crippen LogP contribution >= 0.6 is 0 Å². The first-order valence-electron chi connectivity index (χ1n) is 9.85. The van der Waals surface area contributed by atoms with Crippen molar-refractivity contribution in [2.24, 2.45) is 0 Å². The van der Waals surface area contributed by atoms with Gasteiger partial charge in [-0.05, 0) is 24.3 Å². The molecule has 4 rings (SSSR count). The molecule has 152 valence electrons. The van der Waals surface area contributed by atoms with E-state index in [9.17, 15) is 9.59 Å². The highest BCUT2D eigenvalue weighted by molar-refractivity contribution is 6.22. The van der Waals surface area contributed by atoms with Gasteiger partial charge in [0.25, 0.3) is 5.91 Å². The van der Waals surface area contributed by atoms with Gasteiger partial charge in [-0.15, -0.1) is 0 Å². The number of piperazine rings is 1. The molecule has 2 aliphatic heterocycles. The monoisotopic (exact) mass is 396 g/mol. The summed E-state index contributed by atoms with van der Waals surface area (Å²) in [7, 11) is 3.08. The number of rotatable bonds is 5. The van der Waals surface area contributed by atoms with E-state index in [0.29, 0.717) is 17.2 Å². The van der Waals surface area contributed by atoms with Crippen LogP contribution in [0, 0.1) is 0 Å². The van der Waals surface area contributed by atoms with Gasteiger partial charge in [0.2, 0.25) is 5.91 Å². The van der Waals surface area contributed by atoms with Crippen LogP contribution in [0.3, 0.4) is 0 Å². The van der Waals surface area contributed by atoms with E-state index in [1.807, 2.05) is 18.2 Å². The van der Waals surface area contributed by atoms with E-state index < -0.39 is 0 Å². The number of anilines is 2. The Morgan fingerprint density at radius 3 is 2.34 bits per heavy atom. The molecule has 0 saturated carbocycles. The van der Waals surface area contributed by atoms with E-state index in [0.717, 1.165) is 26.2 Å². The average Bonchev–Trinajstić information content (AvgIpc) is 3.07. The second-order valence-electron chi connectivity index (χ2n) is 7.34. The average molecular weight is 396 g/mol. The predicted octanol–water partition coefficient (Wildman–Crippen LogP) is 0.741. The molecule has 7 heteroatoms. The largest absolute Gasteiger partial charge is 0.497 e. The first-order valence-corrected chi connectivity index (χ1v) is 9.85. The van der Waals surface area contributed by atoms with Crippen LogP contribution in [0.1, 0.15) is 6.42 Å². The van der Waals surface area contributed by atoms with Gasteiger partial charge in [0.05, 0.1) is 52.5 Å². The second kappa shape index (κ2) is 8.13. The number of amides is 2. The molecule has 0 radical (unpaired) electrons. The third-order valence-corrected chi connectivity index (χ3v) is 5.79. The van der Waals surface area contributed by atoms with Crippen LogP contribution in [0.5, 0.6) is 11.5 Å². The van der Waals surface area contributed by atoms with Gasteiger partial charge in [-0.2, -0.15) is 0 Å². The zero-order valence-electron chi connectivity index (χ0n) is 16.8. The molecule has 29 heavy (non-hydrogen) atoms. The molecule has 0 unspecified atom stereocenters. The Kier molecular flexibility index (Phi) is 5.40. The number of benzene rings is 2. The summed E-state index contributed by atoms with van der Waals surface area (Å²) in [6, 6.07) is 15.1. The van der Waals surface area contributed by atoms with Gasteiger partial charge in [-0.25, -0.2) is 4.90 Å². The summed E-state index contributed by atoms with van der Waals surface area (Å²) >= 11 is 0. The zero-order valence-corrected chi connectivity index (χ0v) is 16.8. The Balaban J connectivity index is 1.49. The van der Waals surface area contributed by atoms with Gasteiger partial charge in [0, 0.05) is 11.8 Å². The van der Waals surface area contributed by atoms with Crippen molar-refractivity contribution in [3.05, 3.63) is 48.5 Å². The van der Waals surface area contributed by atoms with E-state index in [1.54, 1.807) is 25.3 Å². The quantitative estimate of drug-likeness (QED) is 0.756. The molecule has 0 spiro atoms. The molecular formula is C22H26N3O4+. The molecule has 2 fully saturated rings. The van der Waals surface area contributed by atoms with Crippen LogP contribution in [0.25, 0.3) is 0 Å². The van der Waals surface area contributed by atoms with Crippen molar-refractivity contribution in [3.63, 3.8) is 0 Å². The number of methoxy groups -OCH3 is 2. The third-order valence-electron chi connectivity index (χ3n) is 5.79. The van der Waals surface area contributed by atoms with Gasteiger partial charge >= 0.3 is 0 Å². The maximum absolute atomic E-state index is 13.2. The summed E-state index contributed by atoms with van der Waals surface area (Å²) in [5.74, 6) is 0.708. The molecule has 2 aliphatic rings. The van der Waals surface area contributed by atoms with Crippen LogP contribution in [0.4, 0.5) is 11.4 Å². The van der Waals surface area contributed by atoms with Gasteiger partial charge in [0.1, 0.15) is 11.5 Å². The molecule has 2 amide bonds. The molecule has 0 aliphatic carbocycles. The maximum atomic E-state index is 13.2. The van der Waals surface area contributed by atoms with Crippen molar-refractivity contribution >= 4 is 23.2 Å². The lowest BCUT2D eigenvalue weighted by Gasteiger charge is -2.35. The Labute approximate surface area is 170 Å². The topological polar surface area (TPSA) is 63.5 Å². The minimum Gasteiger partial charge on any atom is -0.497 e. The van der Waals surface area contributed by atoms with Gasteiger partial charge in [-0.3, -0.25) is 9.59 Å². The summed E-state index contributed by atoms with van der Waals surface area (Å²) in [6.45, 7) is 3.36. The summed E-state index contributed by atoms with van der Waals surface area (Å²) in [6.07, 6.45) is 0.222. The van der Waals surface area contributed by atoms with E-state index in [2.05, 4.69) is 17.0 Å². The highest BCUT2D eigenvalue weighted by Crippen LogP contribution is 2.35. The standard InChI is InChI=1S/C22H25N3O4/c1-28-17-8-9-20(29-2)18(14-17)25-21(26)15-19(22(25)27)24-12-10-23(11-13-24)16-6-4-3-5-7-16/h3-9,14,19H,10-13,15H2,1-2H3/p+1/t19-/m1/s1. The summed E-state index contributed by atoms with van der Waals surface area (Å²) in [4.78, 5) is 30.7. The van der Waals surface area contributed by atoms with E-state index >= 15 is 0 Å². The number of quaternary nitrogens is 1. The third kappa shape index (κ3) is 3.65. The number of nitrogens with zero attached hydrogens (tertiary/aromatic N) is 2. The number of nitrogens with one attached hydrogen (secondary N) is 1. The minimum absolute atomic E-state index is 0.162. The number of carbonyl (C=O) groups is 2. The Morgan fingerprint density at radius 2 is 1.69 bits per heavy atom. The van der Waals surface area contributed by atoms with Crippen molar-refractivity contribution in [1.82, 2.24) is 0 Å². The number of imide groups is 1. The van der Waals surface area contributed by atoms with Crippen LogP contribution < -0.4 is 24.2 Å². The molecule has 7 nitrogen and oxygen atoms in total. The second-order valence-corrected chi connectivity index (χ2v) is 7.34. The highest BCUT2D eigenvalue weighted by atomic mass is 16.5. The fraction of sp³-hybridized carbons (Fsp3) is 0.364. The van der Waals surface area contributed by atoms with E-state index in [-0.39, 0.29) is 24.3 Å². The van der Waals surface area contributed by atoms with Gasteiger partial charge < -0.3 is 19.3 Å². The van der Waals surface area contributed by atoms with Crippen molar-refractivity contribution in [2.75, 3.05) is 50.2 Å². The normalized spacial score (nSPS) is 20.3. The smallest absolute Gasteiger partial charge is 0.292 e. The molecule has 0 bridgehead atoms. The molecular weight excluding hydrogens is 370 g/mol. The Bertz CT molecular complexity index is 894. The van der Waals surface area contributed by atoms with Crippen molar-refractivity contribution in [1.29, 1.82) is 0 Å².